The van der Waals surface area contributed by atoms with Gasteiger partial charge < -0.3 is 24.4 Å². The fraction of sp³-hybridized carbons (Fsp3) is 0.500. The van der Waals surface area contributed by atoms with Crippen LogP contribution in [-0.2, 0) is 47.0 Å². The summed E-state index contributed by atoms with van der Waals surface area (Å²) in [6.07, 6.45) is -5.59. The number of hydrogen-bond donors (Lipinski definition) is 2. The van der Waals surface area contributed by atoms with Crippen LogP contribution in [0, 0.1) is 0 Å². The van der Waals surface area contributed by atoms with Gasteiger partial charge in [-0.1, -0.05) is 60.7 Å². The second-order valence-corrected chi connectivity index (χ2v) is 7.30. The average Bonchev–Trinajstić information content (AvgIpc) is 2.84. The van der Waals surface area contributed by atoms with E-state index in [1.54, 1.807) is 0 Å². The topological polar surface area (TPSA) is 105 Å². The van der Waals surface area contributed by atoms with Crippen LogP contribution < -0.4 is 0 Å². The molecule has 0 heterocycles. The molecule has 0 saturated heterocycles. The maximum absolute atomic E-state index is 10.8. The molecule has 33 heavy (non-hydrogen) atoms. The first-order valence-corrected chi connectivity index (χ1v) is 10.6. The van der Waals surface area contributed by atoms with Gasteiger partial charge in [0, 0.05) is 7.11 Å². The van der Waals surface area contributed by atoms with Gasteiger partial charge in [-0.05, 0) is 11.1 Å². The summed E-state index contributed by atoms with van der Waals surface area (Å²) in [6.45, 7) is 0.459. The van der Waals surface area contributed by atoms with Gasteiger partial charge in [0.2, 0.25) is 0 Å². The van der Waals surface area contributed by atoms with Crippen molar-refractivity contribution >= 4 is 0 Å². The normalized spacial score (nSPS) is 16.2. The molecular weight excluding hydrogens is 432 g/mol. The molecule has 5 atom stereocenters. The van der Waals surface area contributed by atoms with Gasteiger partial charge in [-0.25, -0.2) is 19.6 Å². The summed E-state index contributed by atoms with van der Waals surface area (Å²) in [7, 11) is 4.08. The number of aliphatic hydroxyl groups excluding tert-OH is 2. The summed E-state index contributed by atoms with van der Waals surface area (Å²) in [5.41, 5.74) is 1.88. The number of aliphatic hydroxyl groups is 2. The van der Waals surface area contributed by atoms with Crippen LogP contribution in [0.4, 0.5) is 0 Å². The van der Waals surface area contributed by atoms with Crippen LogP contribution in [0.15, 0.2) is 60.7 Å². The minimum Gasteiger partial charge on any atom is -0.388 e. The predicted molar refractivity (Wildman–Crippen MR) is 119 cm³/mol. The van der Waals surface area contributed by atoms with E-state index in [4.69, 9.17) is 33.8 Å². The van der Waals surface area contributed by atoms with Crippen LogP contribution in [0.3, 0.4) is 0 Å². The number of benzene rings is 2. The Morgan fingerprint density at radius 2 is 1.27 bits per heavy atom. The number of methoxy groups -OCH3 is 1. The second-order valence-electron chi connectivity index (χ2n) is 7.30. The van der Waals surface area contributed by atoms with Crippen LogP contribution in [0.1, 0.15) is 11.1 Å². The van der Waals surface area contributed by atoms with E-state index < -0.39 is 30.5 Å². The predicted octanol–water partition coefficient (Wildman–Crippen LogP) is 2.05. The third kappa shape index (κ3) is 9.46. The van der Waals surface area contributed by atoms with Crippen molar-refractivity contribution in [3.8, 4) is 0 Å². The Morgan fingerprint density at radius 3 is 1.82 bits per heavy atom. The Labute approximate surface area is 194 Å². The molecule has 2 N–H and O–H groups in total. The lowest BCUT2D eigenvalue weighted by atomic mass is 9.99. The van der Waals surface area contributed by atoms with E-state index in [9.17, 15) is 10.2 Å². The minimum atomic E-state index is -1.41. The average molecular weight is 467 g/mol. The Morgan fingerprint density at radius 1 is 0.697 bits per heavy atom. The van der Waals surface area contributed by atoms with E-state index >= 15 is 0 Å². The molecule has 2 aromatic carbocycles. The summed E-state index contributed by atoms with van der Waals surface area (Å²) in [5, 5.41) is 21.1. The molecule has 0 saturated carbocycles. The van der Waals surface area contributed by atoms with Crippen molar-refractivity contribution in [2.45, 2.75) is 43.7 Å². The molecule has 0 spiro atoms. The first kappa shape index (κ1) is 27.3. The van der Waals surface area contributed by atoms with Gasteiger partial charge in [-0.2, -0.15) is 0 Å². The van der Waals surface area contributed by atoms with Gasteiger partial charge in [0.05, 0.1) is 40.6 Å². The van der Waals surface area contributed by atoms with Crippen LogP contribution in [0.5, 0.6) is 0 Å². The van der Waals surface area contributed by atoms with Gasteiger partial charge in [-0.3, -0.25) is 0 Å². The largest absolute Gasteiger partial charge is 0.388 e. The van der Waals surface area contributed by atoms with Crippen LogP contribution >= 0.6 is 0 Å². The molecule has 0 unspecified atom stereocenters. The highest BCUT2D eigenvalue weighted by Crippen LogP contribution is 2.21. The van der Waals surface area contributed by atoms with Gasteiger partial charge in [-0.15, -0.1) is 0 Å². The summed E-state index contributed by atoms with van der Waals surface area (Å²) >= 11 is 0. The molecular formula is C24H34O9. The van der Waals surface area contributed by atoms with Crippen molar-refractivity contribution in [1.29, 1.82) is 0 Å². The van der Waals surface area contributed by atoms with Crippen molar-refractivity contribution in [2.75, 3.05) is 34.5 Å². The zero-order chi connectivity index (χ0) is 23.9. The van der Waals surface area contributed by atoms with Crippen molar-refractivity contribution in [3.05, 3.63) is 71.8 Å². The van der Waals surface area contributed by atoms with Crippen molar-refractivity contribution in [2.24, 2.45) is 0 Å². The fourth-order valence-corrected chi connectivity index (χ4v) is 3.25. The Hall–Kier alpha value is -1.92. The molecule has 0 radical (unpaired) electrons. The Bertz CT molecular complexity index is 731. The maximum Gasteiger partial charge on any atom is 0.150 e. The van der Waals surface area contributed by atoms with Gasteiger partial charge >= 0.3 is 0 Å². The molecule has 0 aliphatic heterocycles. The van der Waals surface area contributed by atoms with E-state index in [0.29, 0.717) is 6.61 Å². The zero-order valence-electron chi connectivity index (χ0n) is 19.2. The van der Waals surface area contributed by atoms with E-state index in [1.165, 1.54) is 21.3 Å². The summed E-state index contributed by atoms with van der Waals surface area (Å²) in [4.78, 5) is 20.6. The molecule has 9 nitrogen and oxygen atoms in total. The highest BCUT2D eigenvalue weighted by Gasteiger charge is 2.41. The first-order valence-electron chi connectivity index (χ1n) is 10.6. The van der Waals surface area contributed by atoms with Crippen LogP contribution in [-0.4, -0.2) is 75.3 Å². The third-order valence-electron chi connectivity index (χ3n) is 4.86. The fourth-order valence-electron chi connectivity index (χ4n) is 3.25. The summed E-state index contributed by atoms with van der Waals surface area (Å²) in [6, 6.07) is 19.1. The zero-order valence-corrected chi connectivity index (χ0v) is 19.2. The SMILES string of the molecule is COC[C@H](O)[C@@H](O)[C@@H](OOC)[C@H](OCc1ccccc1)[C@@H](COCc1ccccc1)OOC. The molecule has 0 amide bonds. The number of hydrogen-bond acceptors (Lipinski definition) is 9. The molecule has 0 aliphatic carbocycles. The molecule has 2 rings (SSSR count). The van der Waals surface area contributed by atoms with Crippen molar-refractivity contribution in [3.63, 3.8) is 0 Å². The number of ether oxygens (including phenoxy) is 3. The smallest absolute Gasteiger partial charge is 0.150 e. The molecule has 0 bridgehead atoms. The lowest BCUT2D eigenvalue weighted by Crippen LogP contribution is -2.54. The maximum atomic E-state index is 10.8. The summed E-state index contributed by atoms with van der Waals surface area (Å²) in [5.74, 6) is 0. The van der Waals surface area contributed by atoms with E-state index in [-0.39, 0.29) is 19.8 Å². The Balaban J connectivity index is 2.20. The molecule has 0 aliphatic rings. The van der Waals surface area contributed by atoms with Gasteiger partial charge in [0.25, 0.3) is 0 Å². The number of rotatable bonds is 17. The van der Waals surface area contributed by atoms with E-state index in [1.807, 2.05) is 60.7 Å². The van der Waals surface area contributed by atoms with E-state index in [0.717, 1.165) is 11.1 Å². The monoisotopic (exact) mass is 466 g/mol. The quantitative estimate of drug-likeness (QED) is 0.268. The first-order chi connectivity index (χ1) is 16.1. The van der Waals surface area contributed by atoms with E-state index in [2.05, 4.69) is 0 Å². The van der Waals surface area contributed by atoms with Crippen molar-refractivity contribution in [1.82, 2.24) is 0 Å². The lowest BCUT2D eigenvalue weighted by Gasteiger charge is -2.35. The summed E-state index contributed by atoms with van der Waals surface area (Å²) < 4.78 is 16.9. The van der Waals surface area contributed by atoms with Crippen molar-refractivity contribution < 1.29 is 44.0 Å². The minimum absolute atomic E-state index is 0.0544. The third-order valence-corrected chi connectivity index (χ3v) is 4.86. The standard InChI is InChI=1S/C24H34O9/c1-27-16-20(25)22(26)24(33-29-3)23(31-15-19-12-8-5-9-13-19)21(32-28-2)17-30-14-18-10-6-4-7-11-18/h4-13,20-26H,14-17H2,1-3H3/t20-,21+,22+,23+,24+/m0/s1. The molecule has 0 fully saturated rings. The second kappa shape index (κ2) is 15.8. The highest BCUT2D eigenvalue weighted by atomic mass is 17.2. The highest BCUT2D eigenvalue weighted by molar-refractivity contribution is 5.14. The molecule has 2 aromatic rings. The molecule has 9 heteroatoms. The van der Waals surface area contributed by atoms with Crippen LogP contribution in [0.2, 0.25) is 0 Å². The van der Waals surface area contributed by atoms with Crippen LogP contribution in [0.25, 0.3) is 0 Å². The lowest BCUT2D eigenvalue weighted by molar-refractivity contribution is -0.381. The Kier molecular flexibility index (Phi) is 13.1. The molecule has 184 valence electrons. The van der Waals surface area contributed by atoms with Gasteiger partial charge in [0.15, 0.2) is 6.10 Å². The molecule has 0 aromatic heterocycles. The van der Waals surface area contributed by atoms with Gasteiger partial charge in [0.1, 0.15) is 24.4 Å².